The van der Waals surface area contributed by atoms with E-state index in [1.54, 1.807) is 11.3 Å². The topological polar surface area (TPSA) is 37.8 Å². The summed E-state index contributed by atoms with van der Waals surface area (Å²) in [6.45, 7) is 6.39. The second-order valence-electron chi connectivity index (χ2n) is 4.98. The summed E-state index contributed by atoms with van der Waals surface area (Å²) in [7, 11) is 0. The maximum atomic E-state index is 6.14. The fraction of sp³-hybridized carbons (Fsp3) is 0.429. The smallest absolute Gasteiger partial charge is 0.147 e. The molecule has 108 valence electrons. The minimum absolute atomic E-state index is 0.675. The largest absolute Gasteiger partial charge is 0.316 e. The van der Waals surface area contributed by atoms with E-state index in [1.165, 1.54) is 0 Å². The molecule has 0 spiro atoms. The average Bonchev–Trinajstić information content (AvgIpc) is 2.86. The van der Waals surface area contributed by atoms with E-state index in [9.17, 15) is 0 Å². The normalized spacial score (nSPS) is 11.2. The third-order valence-corrected chi connectivity index (χ3v) is 5.31. The number of nitrogens with zero attached hydrogens (tertiary/aromatic N) is 2. The lowest BCUT2D eigenvalue weighted by atomic mass is 10.2. The average molecular weight is 422 g/mol. The molecule has 0 radical (unpaired) electrons. The van der Waals surface area contributed by atoms with Crippen molar-refractivity contribution in [1.29, 1.82) is 0 Å². The Morgan fingerprint density at radius 3 is 2.85 bits per heavy atom. The quantitative estimate of drug-likeness (QED) is 0.560. The number of rotatable bonds is 6. The van der Waals surface area contributed by atoms with Crippen LogP contribution in [0.25, 0.3) is 10.6 Å². The van der Waals surface area contributed by atoms with E-state index in [0.29, 0.717) is 5.92 Å². The molecule has 0 saturated carbocycles. The van der Waals surface area contributed by atoms with Crippen molar-refractivity contribution in [2.75, 3.05) is 13.1 Å². The molecule has 0 saturated heterocycles. The van der Waals surface area contributed by atoms with E-state index in [-0.39, 0.29) is 0 Å². The van der Waals surface area contributed by atoms with Gasteiger partial charge in [-0.05, 0) is 47.2 Å². The molecule has 0 aliphatic carbocycles. The standard InChI is InChI=1S/C14H17ClIN3S/c1-9(2)8-17-6-5-13-18-19-14(20-13)10-3-4-12(16)11(15)7-10/h3-4,7,9,17H,5-6,8H2,1-2H3. The highest BCUT2D eigenvalue weighted by Gasteiger charge is 2.08. The van der Waals surface area contributed by atoms with Crippen LogP contribution in [0.4, 0.5) is 0 Å². The zero-order chi connectivity index (χ0) is 14.5. The van der Waals surface area contributed by atoms with Crippen LogP contribution < -0.4 is 5.32 Å². The molecule has 6 heteroatoms. The molecule has 2 rings (SSSR count). The zero-order valence-corrected chi connectivity index (χ0v) is 15.2. The van der Waals surface area contributed by atoms with Gasteiger partial charge in [0.2, 0.25) is 0 Å². The Balaban J connectivity index is 1.96. The van der Waals surface area contributed by atoms with Crippen molar-refractivity contribution in [3.05, 3.63) is 31.8 Å². The Kier molecular flexibility index (Phi) is 6.20. The highest BCUT2D eigenvalue weighted by molar-refractivity contribution is 14.1. The Morgan fingerprint density at radius 2 is 2.15 bits per heavy atom. The van der Waals surface area contributed by atoms with E-state index in [0.717, 1.165) is 43.7 Å². The van der Waals surface area contributed by atoms with E-state index >= 15 is 0 Å². The molecule has 0 fully saturated rings. The Morgan fingerprint density at radius 1 is 1.35 bits per heavy atom. The van der Waals surface area contributed by atoms with Crippen molar-refractivity contribution in [1.82, 2.24) is 15.5 Å². The minimum atomic E-state index is 0.675. The van der Waals surface area contributed by atoms with Crippen LogP contribution in [0.15, 0.2) is 18.2 Å². The van der Waals surface area contributed by atoms with Crippen molar-refractivity contribution < 1.29 is 0 Å². The Labute approximate surface area is 142 Å². The van der Waals surface area contributed by atoms with Gasteiger partial charge in [-0.25, -0.2) is 0 Å². The summed E-state index contributed by atoms with van der Waals surface area (Å²) >= 11 is 10.00. The monoisotopic (exact) mass is 421 g/mol. The first kappa shape index (κ1) is 16.1. The van der Waals surface area contributed by atoms with Crippen molar-refractivity contribution in [3.8, 4) is 10.6 Å². The van der Waals surface area contributed by atoms with Gasteiger partial charge in [0.1, 0.15) is 10.0 Å². The summed E-state index contributed by atoms with van der Waals surface area (Å²) in [6.07, 6.45) is 0.919. The molecule has 0 amide bonds. The lowest BCUT2D eigenvalue weighted by Gasteiger charge is -2.05. The van der Waals surface area contributed by atoms with E-state index in [2.05, 4.69) is 52.0 Å². The van der Waals surface area contributed by atoms with E-state index < -0.39 is 0 Å². The lowest BCUT2D eigenvalue weighted by Crippen LogP contribution is -2.22. The molecule has 0 bridgehead atoms. The summed E-state index contributed by atoms with van der Waals surface area (Å²) in [5.74, 6) is 0.675. The summed E-state index contributed by atoms with van der Waals surface area (Å²) in [4.78, 5) is 0. The van der Waals surface area contributed by atoms with Gasteiger partial charge in [0.05, 0.1) is 5.02 Å². The van der Waals surface area contributed by atoms with Gasteiger partial charge in [0.15, 0.2) is 0 Å². The number of hydrogen-bond acceptors (Lipinski definition) is 4. The first-order chi connectivity index (χ1) is 9.56. The Bertz CT molecular complexity index is 571. The van der Waals surface area contributed by atoms with E-state index in [4.69, 9.17) is 11.6 Å². The van der Waals surface area contributed by atoms with Crippen molar-refractivity contribution in [3.63, 3.8) is 0 Å². The van der Waals surface area contributed by atoms with Crippen LogP contribution in [0.5, 0.6) is 0 Å². The summed E-state index contributed by atoms with van der Waals surface area (Å²) in [6, 6.07) is 5.99. The van der Waals surface area contributed by atoms with E-state index in [1.807, 2.05) is 18.2 Å². The summed E-state index contributed by atoms with van der Waals surface area (Å²) in [5, 5.41) is 14.7. The molecule has 0 aliphatic heterocycles. The van der Waals surface area contributed by atoms with Crippen LogP contribution in [0.3, 0.4) is 0 Å². The molecular formula is C14H17ClIN3S. The maximum Gasteiger partial charge on any atom is 0.147 e. The molecule has 1 aromatic heterocycles. The Hall–Kier alpha value is -0.240. The minimum Gasteiger partial charge on any atom is -0.316 e. The number of benzene rings is 1. The van der Waals surface area contributed by atoms with Crippen molar-refractivity contribution in [2.45, 2.75) is 20.3 Å². The maximum absolute atomic E-state index is 6.14. The molecule has 1 heterocycles. The third kappa shape index (κ3) is 4.65. The second kappa shape index (κ2) is 7.68. The van der Waals surface area contributed by atoms with Gasteiger partial charge in [0, 0.05) is 22.1 Å². The molecule has 0 atom stereocenters. The van der Waals surface area contributed by atoms with Crippen LogP contribution in [0, 0.1) is 9.49 Å². The number of halogens is 2. The molecule has 0 unspecified atom stereocenters. The van der Waals surface area contributed by atoms with Crippen LogP contribution >= 0.6 is 45.5 Å². The van der Waals surface area contributed by atoms with Crippen LogP contribution in [0.2, 0.25) is 5.02 Å². The molecule has 20 heavy (non-hydrogen) atoms. The summed E-state index contributed by atoms with van der Waals surface area (Å²) < 4.78 is 1.05. The van der Waals surface area contributed by atoms with Crippen LogP contribution in [-0.4, -0.2) is 23.3 Å². The molecular weight excluding hydrogens is 405 g/mol. The summed E-state index contributed by atoms with van der Waals surface area (Å²) in [5.41, 5.74) is 1.04. The first-order valence-electron chi connectivity index (χ1n) is 6.55. The highest BCUT2D eigenvalue weighted by atomic mass is 127. The fourth-order valence-corrected chi connectivity index (χ4v) is 3.04. The van der Waals surface area contributed by atoms with Gasteiger partial charge in [-0.2, -0.15) is 0 Å². The predicted octanol–water partition coefficient (Wildman–Crippen LogP) is 4.25. The number of hydrogen-bond donors (Lipinski definition) is 1. The van der Waals surface area contributed by atoms with Crippen LogP contribution in [0.1, 0.15) is 18.9 Å². The second-order valence-corrected chi connectivity index (χ2v) is 7.61. The van der Waals surface area contributed by atoms with Gasteiger partial charge in [-0.15, -0.1) is 10.2 Å². The number of aromatic nitrogens is 2. The van der Waals surface area contributed by atoms with Crippen molar-refractivity contribution in [2.24, 2.45) is 5.92 Å². The van der Waals surface area contributed by atoms with Gasteiger partial charge in [0.25, 0.3) is 0 Å². The fourth-order valence-electron chi connectivity index (χ4n) is 1.69. The first-order valence-corrected chi connectivity index (χ1v) is 8.82. The highest BCUT2D eigenvalue weighted by Crippen LogP contribution is 2.28. The molecule has 1 N–H and O–H groups in total. The van der Waals surface area contributed by atoms with Crippen LogP contribution in [-0.2, 0) is 6.42 Å². The van der Waals surface area contributed by atoms with Crippen molar-refractivity contribution >= 4 is 45.5 Å². The van der Waals surface area contributed by atoms with Gasteiger partial charge in [-0.3, -0.25) is 0 Å². The lowest BCUT2D eigenvalue weighted by molar-refractivity contribution is 0.553. The molecule has 1 aromatic carbocycles. The zero-order valence-electron chi connectivity index (χ0n) is 11.5. The number of nitrogens with one attached hydrogen (secondary N) is 1. The molecule has 0 aliphatic rings. The van der Waals surface area contributed by atoms with Gasteiger partial charge >= 0.3 is 0 Å². The third-order valence-electron chi connectivity index (χ3n) is 2.70. The van der Waals surface area contributed by atoms with Gasteiger partial charge < -0.3 is 5.32 Å². The SMILES string of the molecule is CC(C)CNCCc1nnc(-c2ccc(I)c(Cl)c2)s1. The molecule has 2 aromatic rings. The predicted molar refractivity (Wildman–Crippen MR) is 94.5 cm³/mol. The molecule has 3 nitrogen and oxygen atoms in total. The van der Waals surface area contributed by atoms with Gasteiger partial charge in [-0.1, -0.05) is 42.9 Å².